The van der Waals surface area contributed by atoms with Gasteiger partial charge >= 0.3 is 0 Å². The van der Waals surface area contributed by atoms with E-state index in [-0.39, 0.29) is 11.8 Å². The van der Waals surface area contributed by atoms with Gasteiger partial charge in [0.25, 0.3) is 5.91 Å². The first kappa shape index (κ1) is 16.6. The van der Waals surface area contributed by atoms with Crippen molar-refractivity contribution in [3.05, 3.63) is 23.8 Å². The van der Waals surface area contributed by atoms with E-state index in [1.807, 2.05) is 13.8 Å². The van der Waals surface area contributed by atoms with Gasteiger partial charge in [-0.2, -0.15) is 0 Å². The smallest absolute Gasteiger partial charge is 0.255 e. The molecule has 0 bridgehead atoms. The van der Waals surface area contributed by atoms with Crippen LogP contribution in [0.25, 0.3) is 0 Å². The molecule has 21 heavy (non-hydrogen) atoms. The van der Waals surface area contributed by atoms with Crippen LogP contribution in [0.1, 0.15) is 24.2 Å². The van der Waals surface area contributed by atoms with E-state index >= 15 is 0 Å². The normalized spacial score (nSPS) is 12.9. The number of oxime groups is 1. The van der Waals surface area contributed by atoms with Crippen LogP contribution in [-0.4, -0.2) is 37.2 Å². The number of carbonyl (C=O) groups is 1. The number of rotatable bonds is 6. The average molecular weight is 295 g/mol. The molecular formula is C14H21N3O4. The Morgan fingerprint density at radius 1 is 1.33 bits per heavy atom. The summed E-state index contributed by atoms with van der Waals surface area (Å²) >= 11 is 0. The molecule has 0 fully saturated rings. The zero-order chi connectivity index (χ0) is 16.0. The third-order valence-electron chi connectivity index (χ3n) is 3.04. The van der Waals surface area contributed by atoms with E-state index in [0.29, 0.717) is 17.1 Å². The molecule has 0 aliphatic carbocycles. The van der Waals surface area contributed by atoms with Crippen molar-refractivity contribution >= 4 is 11.7 Å². The second kappa shape index (κ2) is 7.37. The summed E-state index contributed by atoms with van der Waals surface area (Å²) in [4.78, 5) is 12.4. The minimum atomic E-state index is -0.585. The van der Waals surface area contributed by atoms with Crippen molar-refractivity contribution in [3.8, 4) is 11.5 Å². The Bertz CT molecular complexity index is 529. The lowest BCUT2D eigenvalue weighted by molar-refractivity contribution is 0.0935. The molecule has 7 nitrogen and oxygen atoms in total. The molecule has 0 aliphatic heterocycles. The minimum Gasteiger partial charge on any atom is -0.497 e. The second-order valence-electron chi connectivity index (χ2n) is 4.79. The highest BCUT2D eigenvalue weighted by atomic mass is 16.5. The van der Waals surface area contributed by atoms with E-state index in [2.05, 4.69) is 10.5 Å². The molecule has 0 saturated heterocycles. The predicted octanol–water partition coefficient (Wildman–Crippen LogP) is 1.20. The Morgan fingerprint density at radius 3 is 2.48 bits per heavy atom. The Labute approximate surface area is 123 Å². The number of carbonyl (C=O) groups excluding carboxylic acids is 1. The monoisotopic (exact) mass is 295 g/mol. The van der Waals surface area contributed by atoms with Gasteiger partial charge in [0, 0.05) is 0 Å². The van der Waals surface area contributed by atoms with Gasteiger partial charge in [0.15, 0.2) is 5.84 Å². The van der Waals surface area contributed by atoms with Gasteiger partial charge in [-0.3, -0.25) is 4.79 Å². The van der Waals surface area contributed by atoms with Gasteiger partial charge in [-0.05, 0) is 24.1 Å². The summed E-state index contributed by atoms with van der Waals surface area (Å²) < 4.78 is 10.3. The summed E-state index contributed by atoms with van der Waals surface area (Å²) in [7, 11) is 2.99. The highest BCUT2D eigenvalue weighted by Crippen LogP contribution is 2.24. The van der Waals surface area contributed by atoms with Crippen LogP contribution in [-0.2, 0) is 0 Å². The van der Waals surface area contributed by atoms with E-state index < -0.39 is 11.9 Å². The van der Waals surface area contributed by atoms with Crippen molar-refractivity contribution in [3.63, 3.8) is 0 Å². The second-order valence-corrected chi connectivity index (χ2v) is 4.79. The lowest BCUT2D eigenvalue weighted by Crippen LogP contribution is -2.47. The number of methoxy groups -OCH3 is 2. The summed E-state index contributed by atoms with van der Waals surface area (Å²) in [5.41, 5.74) is 5.91. The zero-order valence-corrected chi connectivity index (χ0v) is 12.6. The van der Waals surface area contributed by atoms with Crippen molar-refractivity contribution in [2.45, 2.75) is 19.9 Å². The van der Waals surface area contributed by atoms with Crippen LogP contribution in [0.3, 0.4) is 0 Å². The first-order chi connectivity index (χ1) is 9.94. The van der Waals surface area contributed by atoms with Crippen LogP contribution in [0.15, 0.2) is 23.4 Å². The summed E-state index contributed by atoms with van der Waals surface area (Å²) in [6.45, 7) is 3.71. The molecular weight excluding hydrogens is 274 g/mol. The van der Waals surface area contributed by atoms with E-state index in [9.17, 15) is 4.79 Å². The molecule has 0 heterocycles. The summed E-state index contributed by atoms with van der Waals surface area (Å²) in [6, 6.07) is 4.32. The fourth-order valence-electron chi connectivity index (χ4n) is 1.85. The maximum Gasteiger partial charge on any atom is 0.255 e. The SMILES string of the molecule is COc1ccc(OC)c(C(=O)NC(C(N)=NO)C(C)C)c1. The van der Waals surface area contributed by atoms with Crippen molar-refractivity contribution in [2.75, 3.05) is 14.2 Å². The maximum atomic E-state index is 12.4. The quantitative estimate of drug-likeness (QED) is 0.316. The first-order valence-electron chi connectivity index (χ1n) is 6.44. The largest absolute Gasteiger partial charge is 0.497 e. The number of nitrogens with two attached hydrogens (primary N) is 1. The molecule has 1 aromatic carbocycles. The van der Waals surface area contributed by atoms with Gasteiger partial charge in [0.1, 0.15) is 11.5 Å². The Balaban J connectivity index is 3.07. The number of benzene rings is 1. The fourth-order valence-corrected chi connectivity index (χ4v) is 1.85. The molecule has 1 unspecified atom stereocenters. The van der Waals surface area contributed by atoms with Crippen molar-refractivity contribution in [1.29, 1.82) is 0 Å². The van der Waals surface area contributed by atoms with Gasteiger partial charge < -0.3 is 25.7 Å². The van der Waals surface area contributed by atoms with E-state index in [0.717, 1.165) is 0 Å². The maximum absolute atomic E-state index is 12.4. The molecule has 0 saturated carbocycles. The highest BCUT2D eigenvalue weighted by molar-refractivity contribution is 6.00. The standard InChI is InChI=1S/C14H21N3O4/c1-8(2)12(13(15)17-19)16-14(18)10-7-9(20-3)5-6-11(10)21-4/h5-8,12,19H,1-4H3,(H2,15,17)(H,16,18). The van der Waals surface area contributed by atoms with Crippen LogP contribution < -0.4 is 20.5 Å². The molecule has 0 aromatic heterocycles. The van der Waals surface area contributed by atoms with Gasteiger partial charge in [-0.25, -0.2) is 0 Å². The zero-order valence-electron chi connectivity index (χ0n) is 12.6. The van der Waals surface area contributed by atoms with Gasteiger partial charge in [0.05, 0.1) is 25.8 Å². The van der Waals surface area contributed by atoms with Gasteiger partial charge in [-0.1, -0.05) is 19.0 Å². The molecule has 1 atom stereocenters. The number of amides is 1. The van der Waals surface area contributed by atoms with Crippen LogP contribution in [0, 0.1) is 5.92 Å². The van der Waals surface area contributed by atoms with Crippen molar-refractivity contribution in [1.82, 2.24) is 5.32 Å². The third kappa shape index (κ3) is 4.01. The van der Waals surface area contributed by atoms with Gasteiger partial charge in [0.2, 0.25) is 0 Å². The molecule has 4 N–H and O–H groups in total. The molecule has 1 rings (SSSR count). The van der Waals surface area contributed by atoms with Crippen LogP contribution in [0.4, 0.5) is 0 Å². The molecule has 0 radical (unpaired) electrons. The van der Waals surface area contributed by atoms with Crippen molar-refractivity contribution in [2.24, 2.45) is 16.8 Å². The average Bonchev–Trinajstić information content (AvgIpc) is 2.50. The Hall–Kier alpha value is -2.44. The topological polar surface area (TPSA) is 106 Å². The molecule has 0 spiro atoms. The van der Waals surface area contributed by atoms with Crippen LogP contribution >= 0.6 is 0 Å². The summed E-state index contributed by atoms with van der Waals surface area (Å²) in [5, 5.41) is 14.5. The molecule has 116 valence electrons. The fraction of sp³-hybridized carbons (Fsp3) is 0.429. The number of nitrogens with one attached hydrogen (secondary N) is 1. The number of nitrogens with zero attached hydrogens (tertiary/aromatic N) is 1. The molecule has 0 aliphatic rings. The highest BCUT2D eigenvalue weighted by Gasteiger charge is 2.23. The number of amidine groups is 1. The van der Waals surface area contributed by atoms with Crippen LogP contribution in [0.2, 0.25) is 0 Å². The van der Waals surface area contributed by atoms with Crippen molar-refractivity contribution < 1.29 is 19.5 Å². The van der Waals surface area contributed by atoms with E-state index in [4.69, 9.17) is 20.4 Å². The lowest BCUT2D eigenvalue weighted by atomic mass is 10.0. The number of ether oxygens (including phenoxy) is 2. The number of hydrogen-bond acceptors (Lipinski definition) is 5. The molecule has 7 heteroatoms. The van der Waals surface area contributed by atoms with Gasteiger partial charge in [-0.15, -0.1) is 0 Å². The number of hydrogen-bond donors (Lipinski definition) is 3. The Morgan fingerprint density at radius 2 is 2.00 bits per heavy atom. The summed E-state index contributed by atoms with van der Waals surface area (Å²) in [5.74, 6) is 0.457. The third-order valence-corrected chi connectivity index (χ3v) is 3.04. The summed E-state index contributed by atoms with van der Waals surface area (Å²) in [6.07, 6.45) is 0. The van der Waals surface area contributed by atoms with Crippen LogP contribution in [0.5, 0.6) is 11.5 Å². The molecule has 1 aromatic rings. The van der Waals surface area contributed by atoms with E-state index in [1.54, 1.807) is 18.2 Å². The first-order valence-corrected chi connectivity index (χ1v) is 6.44. The van der Waals surface area contributed by atoms with E-state index in [1.165, 1.54) is 14.2 Å². The lowest BCUT2D eigenvalue weighted by Gasteiger charge is -2.21. The predicted molar refractivity (Wildman–Crippen MR) is 79.0 cm³/mol. The molecule has 1 amide bonds. The minimum absolute atomic E-state index is 0.0403. The Kier molecular flexibility index (Phi) is 5.83.